The smallest absolute Gasteiger partial charge is 0.164 e. The number of benzene rings is 6. The van der Waals surface area contributed by atoms with E-state index in [1.165, 1.54) is 4.90 Å². The topological polar surface area (TPSA) is 41.9 Å². The van der Waals surface area contributed by atoms with Crippen molar-refractivity contribution in [2.75, 3.05) is 4.90 Å². The number of rotatable bonds is 4. The number of allylic oxidation sites excluding steroid dienone is 2. The molecule has 0 amide bonds. The van der Waals surface area contributed by atoms with Gasteiger partial charge in [-0.05, 0) is 52.2 Å². The summed E-state index contributed by atoms with van der Waals surface area (Å²) in [5.41, 5.74) is -5.64. The molecule has 1 aliphatic carbocycles. The molecular formula is C43H28N4. The summed E-state index contributed by atoms with van der Waals surface area (Å²) in [5.74, 6) is -2.50. The molecule has 0 fully saturated rings. The molecule has 220 valence electrons. The maximum atomic E-state index is 9.99. The molecule has 0 bridgehead atoms. The number of anilines is 2. The van der Waals surface area contributed by atoms with Gasteiger partial charge in [0, 0.05) is 34.6 Å². The zero-order valence-electron chi connectivity index (χ0n) is 49.4. The van der Waals surface area contributed by atoms with E-state index in [1.807, 2.05) is 0 Å². The van der Waals surface area contributed by atoms with Crippen molar-refractivity contribution in [2.45, 2.75) is 12.4 Å². The fourth-order valence-electron chi connectivity index (χ4n) is 5.76. The van der Waals surface area contributed by atoms with Crippen molar-refractivity contribution in [1.29, 1.82) is 0 Å². The minimum absolute atomic E-state index is 0.253. The summed E-state index contributed by atoms with van der Waals surface area (Å²) in [5, 5.41) is -0.695. The van der Waals surface area contributed by atoms with E-state index < -0.39 is 220 Å². The summed E-state index contributed by atoms with van der Waals surface area (Å²) in [6, 6.07) is -22.3. The van der Waals surface area contributed by atoms with Crippen LogP contribution in [0, 0.1) is 0 Å². The Bertz CT molecular complexity index is 3810. The molecule has 0 radical (unpaired) electrons. The van der Waals surface area contributed by atoms with Gasteiger partial charge in [-0.25, -0.2) is 15.0 Å². The number of hydrogen-bond donors (Lipinski definition) is 0. The van der Waals surface area contributed by atoms with Gasteiger partial charge in [-0.15, -0.1) is 0 Å². The Labute approximate surface area is 309 Å². The predicted octanol–water partition coefficient (Wildman–Crippen LogP) is 10.5. The molecule has 0 saturated heterocycles. The zero-order valence-corrected chi connectivity index (χ0v) is 23.4. The monoisotopic (exact) mass is 626 g/mol. The third kappa shape index (κ3) is 4.05. The van der Waals surface area contributed by atoms with Crippen LogP contribution in [0.25, 0.3) is 72.8 Å². The lowest BCUT2D eigenvalue weighted by Gasteiger charge is -2.34. The summed E-state index contributed by atoms with van der Waals surface area (Å²) in [7, 11) is 0. The van der Waals surface area contributed by atoms with Crippen molar-refractivity contribution in [3.8, 4) is 56.4 Å². The number of nitrogens with zero attached hydrogens (tertiary/aromatic N) is 4. The van der Waals surface area contributed by atoms with Gasteiger partial charge >= 0.3 is 0 Å². The van der Waals surface area contributed by atoms with Crippen molar-refractivity contribution >= 4 is 27.7 Å². The molecule has 0 spiro atoms. The van der Waals surface area contributed by atoms with Gasteiger partial charge in [0.25, 0.3) is 0 Å². The van der Waals surface area contributed by atoms with Gasteiger partial charge in [-0.3, -0.25) is 0 Å². The first-order valence-corrected chi connectivity index (χ1v) is 14.0. The van der Waals surface area contributed by atoms with E-state index in [-0.39, 0.29) is 33.5 Å². The maximum Gasteiger partial charge on any atom is 0.164 e. The third-order valence-electron chi connectivity index (χ3n) is 7.72. The normalized spacial score (nSPS) is 25.3. The molecule has 0 saturated carbocycles. The Morgan fingerprint density at radius 2 is 1.17 bits per heavy atom. The van der Waals surface area contributed by atoms with Crippen LogP contribution in [0.15, 0.2) is 151 Å². The predicted molar refractivity (Wildman–Crippen MR) is 192 cm³/mol. The van der Waals surface area contributed by atoms with Crippen molar-refractivity contribution in [1.82, 2.24) is 15.0 Å². The van der Waals surface area contributed by atoms with Gasteiger partial charge in [0.05, 0.1) is 51.7 Å². The lowest BCUT2D eigenvalue weighted by Crippen LogP contribution is -2.28. The van der Waals surface area contributed by atoms with Crippen LogP contribution in [0.1, 0.15) is 47.6 Å². The second-order valence-electron chi connectivity index (χ2n) is 10.3. The SMILES string of the molecule is [2H]C1=C([2H])C([2H])C2C(=C1[2H])c1c([2H])c(-c3nc(-c4c([2H])c([2H])c([2H])c([2H])c4[2H])nc(-c4c([2H])c([2H])c(-c5c([2H])c([2H])c([2H])c([2H])c5[2H])c([2H])c4[2H])n3)c([2H])c3c1N2c1c([2H])c([2H])c([2H])c2c([2H])c([2H])c([2H])c-3c12. The molecule has 2 unspecified atom stereocenters. The molecule has 1 aromatic heterocycles. The van der Waals surface area contributed by atoms with Gasteiger partial charge in [-0.1, -0.05) is 133 Å². The third-order valence-corrected chi connectivity index (χ3v) is 7.72. The van der Waals surface area contributed by atoms with Crippen LogP contribution < -0.4 is 4.90 Å². The van der Waals surface area contributed by atoms with Crippen LogP contribution in [-0.2, 0) is 0 Å². The Hall–Kier alpha value is -6.13. The highest BCUT2D eigenvalue weighted by Crippen LogP contribution is 2.58. The molecule has 0 N–H and O–H groups in total. The first-order chi connectivity index (χ1) is 34.1. The fraction of sp³-hybridized carbons (Fsp3) is 0.0465. The van der Waals surface area contributed by atoms with E-state index in [0.29, 0.717) is 0 Å². The molecule has 47 heavy (non-hydrogen) atoms. The van der Waals surface area contributed by atoms with Gasteiger partial charge in [0.2, 0.25) is 0 Å². The van der Waals surface area contributed by atoms with Crippen molar-refractivity contribution in [2.24, 2.45) is 0 Å². The zero-order chi connectivity index (χ0) is 53.5. The Balaban J connectivity index is 1.39. The number of fused-ring (bicyclic) bond motifs is 5. The minimum atomic E-state index is -1.77. The van der Waals surface area contributed by atoms with Crippen LogP contribution in [0.2, 0.25) is 0 Å². The first kappa shape index (κ1) is 11.3. The summed E-state index contributed by atoms with van der Waals surface area (Å²) in [6.45, 7) is 0. The molecule has 7 aromatic rings. The molecule has 4 nitrogen and oxygen atoms in total. The summed E-state index contributed by atoms with van der Waals surface area (Å²) < 4.78 is 231. The molecule has 2 atom stereocenters. The second-order valence-corrected chi connectivity index (χ2v) is 10.3. The molecule has 3 aliphatic rings. The van der Waals surface area contributed by atoms with Gasteiger partial charge < -0.3 is 4.90 Å². The van der Waals surface area contributed by atoms with Crippen molar-refractivity contribution in [3.63, 3.8) is 0 Å². The molecule has 6 aromatic carbocycles. The van der Waals surface area contributed by atoms with E-state index in [0.717, 1.165) is 0 Å². The van der Waals surface area contributed by atoms with Crippen LogP contribution in [-0.4, -0.2) is 21.0 Å². The average Bonchev–Trinajstić information content (AvgIpc) is 3.71. The lowest BCUT2D eigenvalue weighted by molar-refractivity contribution is 0.831. The highest BCUT2D eigenvalue weighted by atomic mass is 15.2. The standard InChI is InChI=1S/C43H28N4/c1-3-11-27(12-4-1)28-21-23-31(24-22-28)42-44-41(30-13-5-2-6-14-30)45-43(46-42)32-25-35-33-17-7-8-19-37(33)47-38-20-10-16-29-15-9-18-34(39(29)38)36(26-32)40(35)47/h1-18,20-26,37H,19H2/i1D,2D,3D,4D,5D,6D,7D,8D,9D,10D,11D,12D,13D,14D,15D,16D,17D,18D,19D,20D,21D,22D,23D,24D,25D,26D. The largest absolute Gasteiger partial charge is 0.332 e. The van der Waals surface area contributed by atoms with Gasteiger partial charge in [-0.2, -0.15) is 0 Å². The first-order valence-electron chi connectivity index (χ1n) is 27.0. The molecule has 3 heterocycles. The van der Waals surface area contributed by atoms with Crippen LogP contribution >= 0.6 is 0 Å². The van der Waals surface area contributed by atoms with E-state index in [4.69, 9.17) is 24.7 Å². The lowest BCUT2D eigenvalue weighted by atomic mass is 9.89. The summed E-state index contributed by atoms with van der Waals surface area (Å²) in [6.07, 6.45) is -1.77. The highest BCUT2D eigenvalue weighted by Gasteiger charge is 2.40. The van der Waals surface area contributed by atoms with Crippen molar-refractivity contribution in [3.05, 3.63) is 157 Å². The molecule has 10 rings (SSSR count). The van der Waals surface area contributed by atoms with E-state index >= 15 is 0 Å². The van der Waals surface area contributed by atoms with Crippen molar-refractivity contribution < 1.29 is 35.6 Å². The van der Waals surface area contributed by atoms with E-state index in [9.17, 15) is 11.0 Å². The molecule has 4 heteroatoms. The highest BCUT2D eigenvalue weighted by molar-refractivity contribution is 6.16. The second kappa shape index (κ2) is 10.2. The average molecular weight is 627 g/mol. The quantitative estimate of drug-likeness (QED) is 0.195. The number of aromatic nitrogens is 3. The summed E-state index contributed by atoms with van der Waals surface area (Å²) >= 11 is 0. The molecular weight excluding hydrogens is 573 g/mol. The van der Waals surface area contributed by atoms with E-state index in [1.54, 1.807) is 0 Å². The minimum Gasteiger partial charge on any atom is -0.332 e. The Kier molecular flexibility index (Phi) is 2.45. The van der Waals surface area contributed by atoms with Gasteiger partial charge in [0.1, 0.15) is 0 Å². The van der Waals surface area contributed by atoms with E-state index in [2.05, 4.69) is 15.0 Å². The fourth-order valence-corrected chi connectivity index (χ4v) is 5.76. The Morgan fingerprint density at radius 1 is 0.574 bits per heavy atom. The maximum absolute atomic E-state index is 9.99. The Morgan fingerprint density at radius 3 is 1.91 bits per heavy atom. The van der Waals surface area contributed by atoms with Gasteiger partial charge in [0.15, 0.2) is 17.5 Å². The van der Waals surface area contributed by atoms with Crippen LogP contribution in [0.5, 0.6) is 0 Å². The van der Waals surface area contributed by atoms with Crippen LogP contribution in [0.4, 0.5) is 11.4 Å². The summed E-state index contributed by atoms with van der Waals surface area (Å²) in [4.78, 5) is 14.4. The van der Waals surface area contributed by atoms with Crippen LogP contribution in [0.3, 0.4) is 0 Å². The molecule has 2 aliphatic heterocycles. The number of hydrogen-bond acceptors (Lipinski definition) is 4.